The molecular formula is C19H9ClO4S. The SMILES string of the molecule is O=C(Oc1ccccc1)c1cc2c(s1)C(=O)c1c(Cl)cccc1C2=O. The summed E-state index contributed by atoms with van der Waals surface area (Å²) in [6.45, 7) is 0. The van der Waals surface area contributed by atoms with Gasteiger partial charge in [0.1, 0.15) is 10.6 Å². The fraction of sp³-hybridized carbons (Fsp3) is 0. The molecule has 0 aliphatic heterocycles. The van der Waals surface area contributed by atoms with Gasteiger partial charge in [0.15, 0.2) is 5.78 Å². The van der Waals surface area contributed by atoms with Crippen LogP contribution < -0.4 is 4.74 Å². The predicted molar refractivity (Wildman–Crippen MR) is 94.0 cm³/mol. The number of halogens is 1. The van der Waals surface area contributed by atoms with Gasteiger partial charge in [0, 0.05) is 11.1 Å². The number of hydrogen-bond acceptors (Lipinski definition) is 5. The third-order valence-electron chi connectivity index (χ3n) is 3.82. The van der Waals surface area contributed by atoms with Crippen molar-refractivity contribution >= 4 is 40.5 Å². The molecule has 2 aromatic carbocycles. The Labute approximate surface area is 151 Å². The molecule has 1 heterocycles. The lowest BCUT2D eigenvalue weighted by atomic mass is 9.89. The first-order valence-corrected chi connectivity index (χ1v) is 8.54. The van der Waals surface area contributed by atoms with Gasteiger partial charge in [-0.15, -0.1) is 11.3 Å². The number of para-hydroxylation sites is 1. The molecule has 1 aliphatic rings. The number of carbonyl (C=O) groups excluding carboxylic acids is 3. The van der Waals surface area contributed by atoms with E-state index >= 15 is 0 Å². The number of thiophene rings is 1. The van der Waals surface area contributed by atoms with Crippen LogP contribution in [0.2, 0.25) is 5.02 Å². The van der Waals surface area contributed by atoms with E-state index in [0.29, 0.717) is 5.75 Å². The molecule has 0 saturated carbocycles. The van der Waals surface area contributed by atoms with Crippen LogP contribution in [0.4, 0.5) is 0 Å². The highest BCUT2D eigenvalue weighted by atomic mass is 35.5. The highest BCUT2D eigenvalue weighted by Gasteiger charge is 2.34. The molecule has 0 amide bonds. The summed E-state index contributed by atoms with van der Waals surface area (Å²) >= 11 is 7.03. The summed E-state index contributed by atoms with van der Waals surface area (Å²) in [5.41, 5.74) is 0.655. The van der Waals surface area contributed by atoms with Crippen molar-refractivity contribution in [2.75, 3.05) is 0 Å². The maximum absolute atomic E-state index is 12.7. The van der Waals surface area contributed by atoms with Crippen molar-refractivity contribution in [2.45, 2.75) is 0 Å². The number of esters is 1. The van der Waals surface area contributed by atoms with E-state index in [0.717, 1.165) is 11.3 Å². The van der Waals surface area contributed by atoms with Crippen molar-refractivity contribution < 1.29 is 19.1 Å². The zero-order chi connectivity index (χ0) is 17.6. The van der Waals surface area contributed by atoms with Crippen LogP contribution >= 0.6 is 22.9 Å². The van der Waals surface area contributed by atoms with E-state index in [-0.39, 0.29) is 43.0 Å². The number of carbonyl (C=O) groups is 3. The third-order valence-corrected chi connectivity index (χ3v) is 5.25. The molecule has 0 radical (unpaired) electrons. The highest BCUT2D eigenvalue weighted by molar-refractivity contribution is 7.16. The average Bonchev–Trinajstić information content (AvgIpc) is 3.06. The van der Waals surface area contributed by atoms with Gasteiger partial charge < -0.3 is 4.74 Å². The van der Waals surface area contributed by atoms with E-state index in [1.165, 1.54) is 6.07 Å². The standard InChI is InChI=1S/C19H9ClO4S/c20-13-8-4-7-11-15(13)17(22)18-12(16(11)21)9-14(25-18)19(23)24-10-5-2-1-3-6-10/h1-9H. The smallest absolute Gasteiger partial charge is 0.353 e. The van der Waals surface area contributed by atoms with Crippen molar-refractivity contribution in [3.05, 3.63) is 86.1 Å². The Morgan fingerprint density at radius 3 is 2.44 bits per heavy atom. The highest BCUT2D eigenvalue weighted by Crippen LogP contribution is 2.36. The lowest BCUT2D eigenvalue weighted by Crippen LogP contribution is -2.18. The summed E-state index contributed by atoms with van der Waals surface area (Å²) in [5, 5.41) is 0.225. The molecule has 0 saturated heterocycles. The number of rotatable bonds is 2. The summed E-state index contributed by atoms with van der Waals surface area (Å²) in [7, 11) is 0. The number of ketones is 2. The second kappa shape index (κ2) is 5.95. The molecule has 0 unspecified atom stereocenters. The minimum atomic E-state index is -0.610. The first kappa shape index (κ1) is 15.7. The molecular weight excluding hydrogens is 360 g/mol. The van der Waals surface area contributed by atoms with Gasteiger partial charge in [-0.1, -0.05) is 41.9 Å². The van der Waals surface area contributed by atoms with Gasteiger partial charge in [-0.3, -0.25) is 9.59 Å². The Bertz CT molecular complexity index is 1040. The maximum atomic E-state index is 12.7. The normalized spacial score (nSPS) is 12.5. The van der Waals surface area contributed by atoms with Crippen LogP contribution in [0.5, 0.6) is 5.75 Å². The summed E-state index contributed by atoms with van der Waals surface area (Å²) < 4.78 is 5.27. The van der Waals surface area contributed by atoms with Gasteiger partial charge in [0.2, 0.25) is 5.78 Å². The Morgan fingerprint density at radius 1 is 0.920 bits per heavy atom. The van der Waals surface area contributed by atoms with Crippen LogP contribution in [0.3, 0.4) is 0 Å². The molecule has 0 fully saturated rings. The Kier molecular flexibility index (Phi) is 3.75. The molecule has 0 spiro atoms. The zero-order valence-electron chi connectivity index (χ0n) is 12.6. The van der Waals surface area contributed by atoms with E-state index in [1.807, 2.05) is 0 Å². The first-order chi connectivity index (χ1) is 12.1. The largest absolute Gasteiger partial charge is 0.422 e. The minimum Gasteiger partial charge on any atom is -0.422 e. The van der Waals surface area contributed by atoms with E-state index < -0.39 is 5.97 Å². The minimum absolute atomic E-state index is 0.187. The zero-order valence-corrected chi connectivity index (χ0v) is 14.2. The molecule has 3 aromatic rings. The van der Waals surface area contributed by atoms with Gasteiger partial charge in [-0.2, -0.15) is 0 Å². The quantitative estimate of drug-likeness (QED) is 0.389. The monoisotopic (exact) mass is 368 g/mol. The molecule has 0 bridgehead atoms. The molecule has 6 heteroatoms. The van der Waals surface area contributed by atoms with E-state index in [1.54, 1.807) is 48.5 Å². The fourth-order valence-corrected chi connectivity index (χ4v) is 3.92. The second-order valence-corrected chi connectivity index (χ2v) is 6.84. The Morgan fingerprint density at radius 2 is 1.68 bits per heavy atom. The average molecular weight is 369 g/mol. The van der Waals surface area contributed by atoms with Crippen LogP contribution in [0.15, 0.2) is 54.6 Å². The van der Waals surface area contributed by atoms with Crippen molar-refractivity contribution in [1.82, 2.24) is 0 Å². The number of fused-ring (bicyclic) bond motifs is 2. The van der Waals surface area contributed by atoms with Crippen LogP contribution in [0.1, 0.15) is 40.8 Å². The topological polar surface area (TPSA) is 60.4 Å². The first-order valence-electron chi connectivity index (χ1n) is 7.35. The Balaban J connectivity index is 1.73. The van der Waals surface area contributed by atoms with Crippen LogP contribution in [0, 0.1) is 0 Å². The third kappa shape index (κ3) is 2.58. The van der Waals surface area contributed by atoms with Gasteiger partial charge >= 0.3 is 5.97 Å². The second-order valence-electron chi connectivity index (χ2n) is 5.38. The van der Waals surface area contributed by atoms with E-state index in [4.69, 9.17) is 16.3 Å². The molecule has 0 N–H and O–H groups in total. The predicted octanol–water partition coefficient (Wildman–Crippen LogP) is 4.40. The lowest BCUT2D eigenvalue weighted by Gasteiger charge is -2.14. The summed E-state index contributed by atoms with van der Waals surface area (Å²) in [4.78, 5) is 38.1. The molecule has 122 valence electrons. The molecule has 25 heavy (non-hydrogen) atoms. The van der Waals surface area contributed by atoms with E-state index in [2.05, 4.69) is 0 Å². The summed E-state index contributed by atoms with van der Waals surface area (Å²) in [5.74, 6) is -0.884. The van der Waals surface area contributed by atoms with Crippen LogP contribution in [-0.2, 0) is 0 Å². The van der Waals surface area contributed by atoms with Gasteiger partial charge in [-0.25, -0.2) is 4.79 Å². The molecule has 0 atom stereocenters. The molecule has 1 aromatic heterocycles. The number of ether oxygens (including phenoxy) is 1. The summed E-state index contributed by atoms with van der Waals surface area (Å²) in [6, 6.07) is 14.7. The van der Waals surface area contributed by atoms with Crippen molar-refractivity contribution in [1.29, 1.82) is 0 Å². The van der Waals surface area contributed by atoms with Crippen LogP contribution in [-0.4, -0.2) is 17.5 Å². The van der Waals surface area contributed by atoms with Gasteiger partial charge in [-0.05, 0) is 24.3 Å². The van der Waals surface area contributed by atoms with Crippen molar-refractivity contribution in [2.24, 2.45) is 0 Å². The number of hydrogen-bond donors (Lipinski definition) is 0. The molecule has 4 rings (SSSR count). The van der Waals surface area contributed by atoms with Crippen LogP contribution in [0.25, 0.3) is 0 Å². The Hall–Kier alpha value is -2.76. The van der Waals surface area contributed by atoms with Crippen molar-refractivity contribution in [3.8, 4) is 5.75 Å². The van der Waals surface area contributed by atoms with Gasteiger partial charge in [0.05, 0.1) is 15.5 Å². The van der Waals surface area contributed by atoms with Crippen molar-refractivity contribution in [3.63, 3.8) is 0 Å². The van der Waals surface area contributed by atoms with Gasteiger partial charge in [0.25, 0.3) is 0 Å². The molecule has 4 nitrogen and oxygen atoms in total. The lowest BCUT2D eigenvalue weighted by molar-refractivity contribution is 0.0739. The maximum Gasteiger partial charge on any atom is 0.353 e. The van der Waals surface area contributed by atoms with E-state index in [9.17, 15) is 14.4 Å². The fourth-order valence-electron chi connectivity index (χ4n) is 2.68. The molecule has 1 aliphatic carbocycles. The number of benzene rings is 2. The summed E-state index contributed by atoms with van der Waals surface area (Å²) in [6.07, 6.45) is 0.